The van der Waals surface area contributed by atoms with E-state index in [0.29, 0.717) is 5.01 Å². The number of ether oxygens (including phenoxy) is 2. The van der Waals surface area contributed by atoms with Crippen LogP contribution >= 0.6 is 11.3 Å². The molecule has 2 N–H and O–H groups in total. The van der Waals surface area contributed by atoms with Crippen LogP contribution in [0.2, 0.25) is 0 Å². The zero-order valence-corrected chi connectivity index (χ0v) is 19.5. The zero-order valence-electron chi connectivity index (χ0n) is 18.7. The normalized spacial score (nSPS) is 16.0. The molecule has 3 heterocycles. The number of carbonyl (C=O) groups is 1. The number of rotatable bonds is 8. The second-order valence-corrected chi connectivity index (χ2v) is 8.99. The van der Waals surface area contributed by atoms with Crippen LogP contribution in [0.4, 0.5) is 19.0 Å². The van der Waals surface area contributed by atoms with Crippen LogP contribution in [0.15, 0.2) is 30.5 Å². The molecule has 1 atom stereocenters. The molecule has 0 spiro atoms. The molecule has 0 fully saturated rings. The van der Waals surface area contributed by atoms with Gasteiger partial charge in [0.2, 0.25) is 6.35 Å². The molecule has 2 aromatic heterocycles. The summed E-state index contributed by atoms with van der Waals surface area (Å²) in [6.07, 6.45) is -4.28. The molecule has 0 saturated carbocycles. The number of aliphatic hydroxyl groups excluding tert-OH is 2. The number of imidazole rings is 1. The van der Waals surface area contributed by atoms with Gasteiger partial charge in [0.05, 0.1) is 6.54 Å². The van der Waals surface area contributed by atoms with Crippen LogP contribution in [-0.2, 0) is 6.54 Å². The van der Waals surface area contributed by atoms with E-state index in [1.165, 1.54) is 44.9 Å². The predicted octanol–water partition coefficient (Wildman–Crippen LogP) is 2.94. The standard InChI is InChI=1S/C21H22F3N5O5S/c1-12-10-25-15(35-12)11-29-16-17(27(2)20(32)28(18(16)31)7-4-8-30)26-19(29)33-13-5-3-6-14(9-13)34-21(22,23)24/h3,5-6,9-10,20,30,32H,4,7-8,11H2,1-2H3. The van der Waals surface area contributed by atoms with Crippen molar-refractivity contribution in [2.45, 2.75) is 32.6 Å². The second kappa shape index (κ2) is 9.71. The highest BCUT2D eigenvalue weighted by molar-refractivity contribution is 7.11. The van der Waals surface area contributed by atoms with E-state index in [1.54, 1.807) is 6.20 Å². The van der Waals surface area contributed by atoms with E-state index in [0.717, 1.165) is 17.0 Å². The zero-order chi connectivity index (χ0) is 25.3. The smallest absolute Gasteiger partial charge is 0.425 e. The maximum absolute atomic E-state index is 13.4. The SMILES string of the molecule is Cc1cnc(Cn2c(Oc3cccc(OC(F)(F)F)c3)nc3c2C(=O)N(CCCO)C(O)N3C)s1. The molecule has 1 unspecified atom stereocenters. The average Bonchev–Trinajstić information content (AvgIpc) is 3.35. The summed E-state index contributed by atoms with van der Waals surface area (Å²) in [4.78, 5) is 25.5. The minimum Gasteiger partial charge on any atom is -0.425 e. The Kier molecular flexibility index (Phi) is 6.87. The fraction of sp³-hybridized carbons (Fsp3) is 0.381. The number of benzene rings is 1. The molecule has 4 rings (SSSR count). The number of aliphatic hydroxyl groups is 2. The number of carbonyl (C=O) groups excluding carboxylic acids is 1. The van der Waals surface area contributed by atoms with Crippen molar-refractivity contribution in [1.82, 2.24) is 19.4 Å². The molecule has 0 radical (unpaired) electrons. The quantitative estimate of drug-likeness (QED) is 0.473. The Balaban J connectivity index is 1.75. The maximum atomic E-state index is 13.4. The number of hydrogen-bond donors (Lipinski definition) is 2. The van der Waals surface area contributed by atoms with Gasteiger partial charge in [-0.05, 0) is 25.5 Å². The Labute approximate surface area is 201 Å². The van der Waals surface area contributed by atoms with Crippen molar-refractivity contribution in [3.8, 4) is 17.5 Å². The van der Waals surface area contributed by atoms with Gasteiger partial charge in [-0.1, -0.05) is 6.07 Å². The minimum atomic E-state index is -4.87. The van der Waals surface area contributed by atoms with Gasteiger partial charge in [0.1, 0.15) is 16.5 Å². The number of amides is 1. The fourth-order valence-corrected chi connectivity index (χ4v) is 4.35. The third-order valence-corrected chi connectivity index (χ3v) is 6.00. The van der Waals surface area contributed by atoms with Gasteiger partial charge in [0.25, 0.3) is 5.91 Å². The first-order valence-electron chi connectivity index (χ1n) is 10.5. The van der Waals surface area contributed by atoms with Crippen molar-refractivity contribution in [2.24, 2.45) is 0 Å². The Morgan fingerprint density at radius 3 is 2.66 bits per heavy atom. The Hall–Kier alpha value is -3.36. The van der Waals surface area contributed by atoms with Crippen LogP contribution in [0.25, 0.3) is 0 Å². The van der Waals surface area contributed by atoms with Gasteiger partial charge in [0.15, 0.2) is 11.5 Å². The number of thiazole rings is 1. The molecule has 188 valence electrons. The lowest BCUT2D eigenvalue weighted by atomic mass is 10.2. The summed E-state index contributed by atoms with van der Waals surface area (Å²) in [5.74, 6) is -0.886. The Bertz CT molecular complexity index is 1210. The highest BCUT2D eigenvalue weighted by atomic mass is 32.1. The first kappa shape index (κ1) is 24.8. The van der Waals surface area contributed by atoms with Gasteiger partial charge in [-0.25, -0.2) is 4.98 Å². The summed E-state index contributed by atoms with van der Waals surface area (Å²) in [6, 6.07) is 4.84. The van der Waals surface area contributed by atoms with E-state index in [4.69, 9.17) is 4.74 Å². The molecular weight excluding hydrogens is 491 g/mol. The Morgan fingerprint density at radius 2 is 2.00 bits per heavy atom. The lowest BCUT2D eigenvalue weighted by Gasteiger charge is -2.38. The van der Waals surface area contributed by atoms with Crippen molar-refractivity contribution < 1.29 is 37.7 Å². The van der Waals surface area contributed by atoms with Crippen LogP contribution in [0.1, 0.15) is 26.8 Å². The van der Waals surface area contributed by atoms with E-state index in [2.05, 4.69) is 14.7 Å². The molecule has 3 aromatic rings. The van der Waals surface area contributed by atoms with E-state index in [9.17, 15) is 28.2 Å². The van der Waals surface area contributed by atoms with Gasteiger partial charge >= 0.3 is 12.4 Å². The van der Waals surface area contributed by atoms with Gasteiger partial charge in [-0.15, -0.1) is 24.5 Å². The summed E-state index contributed by atoms with van der Waals surface area (Å²) >= 11 is 1.40. The summed E-state index contributed by atoms with van der Waals surface area (Å²) in [6.45, 7) is 1.89. The van der Waals surface area contributed by atoms with Gasteiger partial charge in [-0.2, -0.15) is 4.98 Å². The Morgan fingerprint density at radius 1 is 1.26 bits per heavy atom. The number of anilines is 1. The number of halogens is 3. The molecule has 1 aromatic carbocycles. The van der Waals surface area contributed by atoms with Crippen molar-refractivity contribution >= 4 is 23.1 Å². The van der Waals surface area contributed by atoms with E-state index in [1.807, 2.05) is 6.92 Å². The first-order valence-corrected chi connectivity index (χ1v) is 11.3. The summed E-state index contributed by atoms with van der Waals surface area (Å²) in [5, 5.41) is 20.5. The molecule has 0 saturated heterocycles. The third kappa shape index (κ3) is 5.33. The van der Waals surface area contributed by atoms with Gasteiger partial charge in [-0.3, -0.25) is 14.3 Å². The number of aromatic nitrogens is 3. The fourth-order valence-electron chi connectivity index (χ4n) is 3.57. The molecule has 1 aliphatic rings. The van der Waals surface area contributed by atoms with Crippen molar-refractivity contribution in [2.75, 3.05) is 25.1 Å². The third-order valence-electron chi connectivity index (χ3n) is 5.10. The van der Waals surface area contributed by atoms with Crippen molar-refractivity contribution in [3.63, 3.8) is 0 Å². The largest absolute Gasteiger partial charge is 0.573 e. The number of alkyl halides is 3. The van der Waals surface area contributed by atoms with Crippen LogP contribution in [0.3, 0.4) is 0 Å². The predicted molar refractivity (Wildman–Crippen MR) is 119 cm³/mol. The lowest BCUT2D eigenvalue weighted by molar-refractivity contribution is -0.274. The topological polar surface area (TPSA) is 113 Å². The average molecular weight is 513 g/mol. The lowest BCUT2D eigenvalue weighted by Crippen LogP contribution is -2.54. The first-order chi connectivity index (χ1) is 16.6. The molecule has 0 aliphatic carbocycles. The van der Waals surface area contributed by atoms with Crippen LogP contribution in [-0.4, -0.2) is 68.5 Å². The van der Waals surface area contributed by atoms with E-state index < -0.39 is 24.4 Å². The minimum absolute atomic E-state index is 0.00143. The molecule has 14 heteroatoms. The van der Waals surface area contributed by atoms with Crippen LogP contribution < -0.4 is 14.4 Å². The second-order valence-electron chi connectivity index (χ2n) is 7.68. The van der Waals surface area contributed by atoms with Crippen LogP contribution in [0, 0.1) is 6.92 Å². The highest BCUT2D eigenvalue weighted by Gasteiger charge is 2.40. The van der Waals surface area contributed by atoms with Gasteiger partial charge in [0, 0.05) is 37.3 Å². The number of fused-ring (bicyclic) bond motifs is 1. The summed E-state index contributed by atoms with van der Waals surface area (Å²) in [7, 11) is 1.54. The highest BCUT2D eigenvalue weighted by Crippen LogP contribution is 2.36. The summed E-state index contributed by atoms with van der Waals surface area (Å²) < 4.78 is 49.1. The van der Waals surface area contributed by atoms with E-state index >= 15 is 0 Å². The monoisotopic (exact) mass is 513 g/mol. The van der Waals surface area contributed by atoms with Crippen molar-refractivity contribution in [1.29, 1.82) is 0 Å². The number of nitrogens with zero attached hydrogens (tertiary/aromatic N) is 5. The summed E-state index contributed by atoms with van der Waals surface area (Å²) in [5.41, 5.74) is 0.112. The van der Waals surface area contributed by atoms with Gasteiger partial charge < -0.3 is 24.6 Å². The molecule has 1 aliphatic heterocycles. The molecule has 1 amide bonds. The van der Waals surface area contributed by atoms with Crippen molar-refractivity contribution in [3.05, 3.63) is 46.0 Å². The van der Waals surface area contributed by atoms with E-state index in [-0.39, 0.29) is 49.4 Å². The van der Waals surface area contributed by atoms with Crippen LogP contribution in [0.5, 0.6) is 17.5 Å². The number of aryl methyl sites for hydroxylation is 1. The molecule has 35 heavy (non-hydrogen) atoms. The number of hydrogen-bond acceptors (Lipinski definition) is 9. The molecular formula is C21H22F3N5O5S. The molecule has 10 nitrogen and oxygen atoms in total. The maximum Gasteiger partial charge on any atom is 0.573 e. The molecule has 0 bridgehead atoms.